The molecule has 2 aromatic carbocycles. The highest BCUT2D eigenvalue weighted by Crippen LogP contribution is 2.72. The van der Waals surface area contributed by atoms with Crippen LogP contribution in [0.4, 0.5) is 0 Å². The number of phenols is 2. The number of rotatable bonds is 2. The first-order chi connectivity index (χ1) is 9.40. The van der Waals surface area contributed by atoms with E-state index in [9.17, 15) is 10.2 Å². The van der Waals surface area contributed by atoms with Crippen LogP contribution in [0.1, 0.15) is 31.9 Å². The molecule has 0 saturated heterocycles. The van der Waals surface area contributed by atoms with E-state index in [2.05, 4.69) is 20.8 Å². The minimum atomic E-state index is -0.0472. The van der Waals surface area contributed by atoms with Gasteiger partial charge in [0.05, 0.1) is 0 Å². The van der Waals surface area contributed by atoms with E-state index in [1.54, 1.807) is 24.3 Å². The van der Waals surface area contributed by atoms with Gasteiger partial charge in [0.2, 0.25) is 0 Å². The van der Waals surface area contributed by atoms with Gasteiger partial charge in [-0.1, -0.05) is 45.0 Å². The lowest BCUT2D eigenvalue weighted by atomic mass is 9.81. The molecule has 1 atom stereocenters. The molecule has 1 fully saturated rings. The van der Waals surface area contributed by atoms with E-state index in [-0.39, 0.29) is 10.8 Å². The number of hydrogen-bond acceptors (Lipinski definition) is 2. The Labute approximate surface area is 119 Å². The van der Waals surface area contributed by atoms with Crippen LogP contribution >= 0.6 is 0 Å². The summed E-state index contributed by atoms with van der Waals surface area (Å²) in [4.78, 5) is 0. The fraction of sp³-hybridized carbons (Fsp3) is 0.333. The Bertz CT molecular complexity index is 578. The summed E-state index contributed by atoms with van der Waals surface area (Å²) in [5.74, 6) is 1.09. The van der Waals surface area contributed by atoms with E-state index in [0.29, 0.717) is 17.4 Å². The van der Waals surface area contributed by atoms with Crippen LogP contribution in [0.15, 0.2) is 48.5 Å². The molecule has 0 bridgehead atoms. The normalized spacial score (nSPS) is 22.4. The van der Waals surface area contributed by atoms with E-state index >= 15 is 0 Å². The molecule has 2 nitrogen and oxygen atoms in total. The van der Waals surface area contributed by atoms with Crippen LogP contribution in [-0.4, -0.2) is 10.2 Å². The fourth-order valence-corrected chi connectivity index (χ4v) is 3.88. The van der Waals surface area contributed by atoms with Gasteiger partial charge in [0.15, 0.2) is 0 Å². The number of aromatic hydroxyl groups is 2. The molecule has 0 radical (unpaired) electrons. The molecule has 1 unspecified atom stereocenters. The topological polar surface area (TPSA) is 40.5 Å². The van der Waals surface area contributed by atoms with E-state index in [1.807, 2.05) is 24.3 Å². The van der Waals surface area contributed by atoms with Gasteiger partial charge < -0.3 is 10.2 Å². The zero-order chi connectivity index (χ0) is 14.5. The molecule has 0 aliphatic heterocycles. The number of hydrogen-bond donors (Lipinski definition) is 2. The zero-order valence-electron chi connectivity index (χ0n) is 12.1. The minimum absolute atomic E-state index is 0.0472. The van der Waals surface area contributed by atoms with Crippen LogP contribution in [-0.2, 0) is 5.41 Å². The Morgan fingerprint density at radius 1 is 0.750 bits per heavy atom. The molecule has 0 heterocycles. The molecule has 3 rings (SSSR count). The van der Waals surface area contributed by atoms with Gasteiger partial charge in [0.1, 0.15) is 11.5 Å². The largest absolute Gasteiger partial charge is 0.508 e. The Kier molecular flexibility index (Phi) is 2.62. The maximum Gasteiger partial charge on any atom is 0.115 e. The van der Waals surface area contributed by atoms with Crippen molar-refractivity contribution in [1.29, 1.82) is 0 Å². The van der Waals surface area contributed by atoms with Crippen molar-refractivity contribution in [3.63, 3.8) is 0 Å². The summed E-state index contributed by atoms with van der Waals surface area (Å²) in [5.41, 5.74) is 2.55. The lowest BCUT2D eigenvalue weighted by molar-refractivity contribution is 0.473. The SMILES string of the molecule is CC1C(C)(C)C1(c1ccc(O)cc1)c1ccc(O)cc1. The predicted molar refractivity (Wildman–Crippen MR) is 79.9 cm³/mol. The maximum atomic E-state index is 9.51. The van der Waals surface area contributed by atoms with Crippen LogP contribution in [0.25, 0.3) is 0 Å². The standard InChI is InChI=1S/C18H20O2/c1-12-17(2,3)18(12,13-4-8-15(19)9-5-13)14-6-10-16(20)11-7-14/h4-12,19-20H,1-3H3. The van der Waals surface area contributed by atoms with E-state index in [1.165, 1.54) is 11.1 Å². The second-order valence-electron chi connectivity index (χ2n) is 6.35. The van der Waals surface area contributed by atoms with Crippen molar-refractivity contribution in [3.05, 3.63) is 59.7 Å². The molecular formula is C18H20O2. The van der Waals surface area contributed by atoms with Crippen molar-refractivity contribution in [2.24, 2.45) is 11.3 Å². The quantitative estimate of drug-likeness (QED) is 0.862. The Hall–Kier alpha value is -1.96. The average molecular weight is 268 g/mol. The van der Waals surface area contributed by atoms with Gasteiger partial charge in [-0.05, 0) is 46.7 Å². The molecule has 20 heavy (non-hydrogen) atoms. The van der Waals surface area contributed by atoms with Crippen molar-refractivity contribution in [3.8, 4) is 11.5 Å². The third kappa shape index (κ3) is 1.51. The first-order valence-electron chi connectivity index (χ1n) is 6.99. The van der Waals surface area contributed by atoms with Crippen LogP contribution in [0.5, 0.6) is 11.5 Å². The number of phenolic OH excluding ortho intramolecular Hbond substituents is 2. The van der Waals surface area contributed by atoms with Gasteiger partial charge in [0.25, 0.3) is 0 Å². The molecule has 0 aromatic heterocycles. The lowest BCUT2D eigenvalue weighted by Gasteiger charge is -2.22. The smallest absolute Gasteiger partial charge is 0.115 e. The molecule has 1 saturated carbocycles. The Morgan fingerprint density at radius 3 is 1.30 bits per heavy atom. The molecule has 2 heteroatoms. The maximum absolute atomic E-state index is 9.51. The molecule has 104 valence electrons. The summed E-state index contributed by atoms with van der Waals surface area (Å²) < 4.78 is 0. The fourth-order valence-electron chi connectivity index (χ4n) is 3.88. The van der Waals surface area contributed by atoms with Gasteiger partial charge >= 0.3 is 0 Å². The molecule has 2 aromatic rings. The Balaban J connectivity index is 2.17. The molecule has 1 aliphatic carbocycles. The van der Waals surface area contributed by atoms with Gasteiger partial charge in [-0.15, -0.1) is 0 Å². The van der Waals surface area contributed by atoms with Crippen LogP contribution in [0.3, 0.4) is 0 Å². The summed E-state index contributed by atoms with van der Waals surface area (Å²) in [6.07, 6.45) is 0. The highest BCUT2D eigenvalue weighted by Gasteiger charge is 2.69. The average Bonchev–Trinajstić information content (AvgIpc) is 2.87. The van der Waals surface area contributed by atoms with Gasteiger partial charge in [-0.2, -0.15) is 0 Å². The first kappa shape index (κ1) is 13.0. The lowest BCUT2D eigenvalue weighted by Crippen LogP contribution is -2.16. The predicted octanol–water partition coefficient (Wildman–Crippen LogP) is 4.06. The van der Waals surface area contributed by atoms with Gasteiger partial charge in [-0.3, -0.25) is 0 Å². The Morgan fingerprint density at radius 2 is 1.05 bits per heavy atom. The minimum Gasteiger partial charge on any atom is -0.508 e. The van der Waals surface area contributed by atoms with Crippen LogP contribution in [0, 0.1) is 11.3 Å². The van der Waals surface area contributed by atoms with E-state index in [0.717, 1.165) is 0 Å². The summed E-state index contributed by atoms with van der Waals surface area (Å²) in [6, 6.07) is 15.0. The van der Waals surface area contributed by atoms with Crippen molar-refractivity contribution >= 4 is 0 Å². The molecule has 0 amide bonds. The van der Waals surface area contributed by atoms with Crippen molar-refractivity contribution in [2.45, 2.75) is 26.2 Å². The molecular weight excluding hydrogens is 248 g/mol. The van der Waals surface area contributed by atoms with Gasteiger partial charge in [0, 0.05) is 5.41 Å². The van der Waals surface area contributed by atoms with Crippen LogP contribution < -0.4 is 0 Å². The third-order valence-electron chi connectivity index (χ3n) is 5.31. The monoisotopic (exact) mass is 268 g/mol. The summed E-state index contributed by atoms with van der Waals surface area (Å²) in [7, 11) is 0. The molecule has 0 spiro atoms. The van der Waals surface area contributed by atoms with Crippen molar-refractivity contribution < 1.29 is 10.2 Å². The molecule has 2 N–H and O–H groups in total. The van der Waals surface area contributed by atoms with Crippen molar-refractivity contribution in [2.75, 3.05) is 0 Å². The van der Waals surface area contributed by atoms with Crippen molar-refractivity contribution in [1.82, 2.24) is 0 Å². The second-order valence-corrected chi connectivity index (χ2v) is 6.35. The van der Waals surface area contributed by atoms with Gasteiger partial charge in [-0.25, -0.2) is 0 Å². The summed E-state index contributed by atoms with van der Waals surface area (Å²) in [5, 5.41) is 19.0. The second kappa shape index (κ2) is 4.02. The van der Waals surface area contributed by atoms with Crippen LogP contribution in [0.2, 0.25) is 0 Å². The zero-order valence-corrected chi connectivity index (χ0v) is 12.1. The third-order valence-corrected chi connectivity index (χ3v) is 5.31. The number of benzene rings is 2. The first-order valence-corrected chi connectivity index (χ1v) is 6.99. The summed E-state index contributed by atoms with van der Waals surface area (Å²) in [6.45, 7) is 6.81. The van der Waals surface area contributed by atoms with E-state index < -0.39 is 0 Å². The summed E-state index contributed by atoms with van der Waals surface area (Å²) >= 11 is 0. The highest BCUT2D eigenvalue weighted by molar-refractivity contribution is 5.53. The highest BCUT2D eigenvalue weighted by atomic mass is 16.3. The van der Waals surface area contributed by atoms with E-state index in [4.69, 9.17) is 0 Å². The molecule has 1 aliphatic rings.